The number of hydrogen-bond acceptors (Lipinski definition) is 1. The van der Waals surface area contributed by atoms with Crippen molar-refractivity contribution < 1.29 is 4.39 Å². The van der Waals surface area contributed by atoms with Gasteiger partial charge in [-0.2, -0.15) is 0 Å². The van der Waals surface area contributed by atoms with Crippen LogP contribution in [-0.2, 0) is 6.54 Å². The molecule has 0 bridgehead atoms. The molecule has 0 aliphatic heterocycles. The molecule has 88 valence electrons. The van der Waals surface area contributed by atoms with Crippen molar-refractivity contribution in [2.24, 2.45) is 0 Å². The third kappa shape index (κ3) is 4.15. The van der Waals surface area contributed by atoms with Gasteiger partial charge in [0.2, 0.25) is 0 Å². The molecule has 0 saturated carbocycles. The van der Waals surface area contributed by atoms with Crippen LogP contribution in [0, 0.1) is 12.7 Å². The zero-order valence-corrected chi connectivity index (χ0v) is 10.1. The molecule has 0 aliphatic rings. The molecule has 1 atom stereocenters. The van der Waals surface area contributed by atoms with Crippen molar-refractivity contribution in [3.05, 3.63) is 47.8 Å². The fraction of sp³-hybridized carbons (Fsp3) is 0.429. The number of halogens is 1. The van der Waals surface area contributed by atoms with Crippen molar-refractivity contribution in [3.63, 3.8) is 0 Å². The van der Waals surface area contributed by atoms with E-state index in [0.29, 0.717) is 11.6 Å². The predicted octanol–water partition coefficient (Wildman–Crippen LogP) is 3.58. The van der Waals surface area contributed by atoms with E-state index >= 15 is 0 Å². The van der Waals surface area contributed by atoms with Gasteiger partial charge in [0.05, 0.1) is 0 Å². The molecule has 0 aliphatic carbocycles. The maximum absolute atomic E-state index is 13.0. The van der Waals surface area contributed by atoms with Gasteiger partial charge in [-0.3, -0.25) is 0 Å². The van der Waals surface area contributed by atoms with Crippen LogP contribution >= 0.6 is 0 Å². The Hall–Kier alpha value is -1.15. The maximum Gasteiger partial charge on any atom is 0.126 e. The molecule has 0 heterocycles. The Kier molecular flexibility index (Phi) is 5.20. The summed E-state index contributed by atoms with van der Waals surface area (Å²) in [6, 6.07) is 5.71. The highest BCUT2D eigenvalue weighted by Crippen LogP contribution is 2.09. The average molecular weight is 221 g/mol. The van der Waals surface area contributed by atoms with Crippen LogP contribution in [0.2, 0.25) is 0 Å². The van der Waals surface area contributed by atoms with Gasteiger partial charge in [-0.1, -0.05) is 18.2 Å². The predicted molar refractivity (Wildman–Crippen MR) is 66.9 cm³/mol. The van der Waals surface area contributed by atoms with Crippen molar-refractivity contribution in [1.29, 1.82) is 0 Å². The van der Waals surface area contributed by atoms with Crippen molar-refractivity contribution >= 4 is 0 Å². The van der Waals surface area contributed by atoms with Crippen LogP contribution in [0.5, 0.6) is 0 Å². The van der Waals surface area contributed by atoms with Gasteiger partial charge in [0.25, 0.3) is 0 Å². The molecule has 0 fully saturated rings. The summed E-state index contributed by atoms with van der Waals surface area (Å²) in [6.07, 6.45) is 4.04. The Morgan fingerprint density at radius 3 is 2.88 bits per heavy atom. The van der Waals surface area contributed by atoms with E-state index in [2.05, 4.69) is 18.8 Å². The van der Waals surface area contributed by atoms with Crippen molar-refractivity contribution in [2.75, 3.05) is 0 Å². The minimum Gasteiger partial charge on any atom is -0.310 e. The highest BCUT2D eigenvalue weighted by molar-refractivity contribution is 5.23. The van der Waals surface area contributed by atoms with Crippen molar-refractivity contribution in [3.8, 4) is 0 Å². The highest BCUT2D eigenvalue weighted by Gasteiger charge is 2.02. The Morgan fingerprint density at radius 2 is 2.25 bits per heavy atom. The summed E-state index contributed by atoms with van der Waals surface area (Å²) >= 11 is 0. The minimum absolute atomic E-state index is 0.136. The van der Waals surface area contributed by atoms with Gasteiger partial charge < -0.3 is 5.32 Å². The number of rotatable bonds is 6. The van der Waals surface area contributed by atoms with Gasteiger partial charge in [0.15, 0.2) is 0 Å². The second kappa shape index (κ2) is 6.44. The van der Waals surface area contributed by atoms with Crippen LogP contribution in [0.25, 0.3) is 0 Å². The van der Waals surface area contributed by atoms with E-state index in [-0.39, 0.29) is 5.82 Å². The van der Waals surface area contributed by atoms with E-state index in [1.54, 1.807) is 6.92 Å². The first kappa shape index (κ1) is 12.9. The second-order valence-electron chi connectivity index (χ2n) is 4.23. The van der Waals surface area contributed by atoms with Crippen molar-refractivity contribution in [1.82, 2.24) is 5.32 Å². The summed E-state index contributed by atoms with van der Waals surface area (Å²) < 4.78 is 13.0. The van der Waals surface area contributed by atoms with Crippen LogP contribution in [0.1, 0.15) is 30.9 Å². The number of aryl methyl sites for hydroxylation is 1. The van der Waals surface area contributed by atoms with Gasteiger partial charge in [-0.05, 0) is 43.9 Å². The number of nitrogens with one attached hydrogen (secondary N) is 1. The molecule has 0 amide bonds. The normalized spacial score (nSPS) is 12.4. The van der Waals surface area contributed by atoms with Crippen LogP contribution in [0.3, 0.4) is 0 Å². The average Bonchev–Trinajstić information content (AvgIpc) is 2.28. The molecule has 1 N–H and O–H groups in total. The molecule has 1 aromatic carbocycles. The molecule has 0 saturated heterocycles. The SMILES string of the molecule is C=CCCC(C)NCc1ccc(F)c(C)c1. The molecule has 2 heteroatoms. The van der Waals surface area contributed by atoms with E-state index < -0.39 is 0 Å². The summed E-state index contributed by atoms with van der Waals surface area (Å²) in [5.41, 5.74) is 1.84. The summed E-state index contributed by atoms with van der Waals surface area (Å²) in [5, 5.41) is 3.41. The summed E-state index contributed by atoms with van der Waals surface area (Å²) in [5.74, 6) is -0.136. The Morgan fingerprint density at radius 1 is 1.50 bits per heavy atom. The van der Waals surface area contributed by atoms with Gasteiger partial charge in [-0.15, -0.1) is 6.58 Å². The summed E-state index contributed by atoms with van der Waals surface area (Å²) in [7, 11) is 0. The molecule has 1 nitrogen and oxygen atoms in total. The highest BCUT2D eigenvalue weighted by atomic mass is 19.1. The Labute approximate surface area is 97.4 Å². The third-order valence-electron chi connectivity index (χ3n) is 2.68. The first-order valence-electron chi connectivity index (χ1n) is 5.72. The van der Waals surface area contributed by atoms with E-state index in [4.69, 9.17) is 0 Å². The van der Waals surface area contributed by atoms with Crippen LogP contribution in [0.4, 0.5) is 4.39 Å². The van der Waals surface area contributed by atoms with E-state index in [0.717, 1.165) is 24.9 Å². The number of allylic oxidation sites excluding steroid dienone is 1. The Balaban J connectivity index is 2.42. The Bertz CT molecular complexity index is 347. The maximum atomic E-state index is 13.0. The monoisotopic (exact) mass is 221 g/mol. The zero-order chi connectivity index (χ0) is 12.0. The smallest absolute Gasteiger partial charge is 0.126 e. The topological polar surface area (TPSA) is 12.0 Å². The number of hydrogen-bond donors (Lipinski definition) is 1. The fourth-order valence-corrected chi connectivity index (χ4v) is 1.58. The molecule has 1 aromatic rings. The lowest BCUT2D eigenvalue weighted by Crippen LogP contribution is -2.25. The van der Waals surface area contributed by atoms with Crippen LogP contribution < -0.4 is 5.32 Å². The first-order valence-corrected chi connectivity index (χ1v) is 5.72. The third-order valence-corrected chi connectivity index (χ3v) is 2.68. The molecule has 1 unspecified atom stereocenters. The molecule has 0 radical (unpaired) electrons. The van der Waals surface area contributed by atoms with Gasteiger partial charge >= 0.3 is 0 Å². The molecule has 1 rings (SSSR count). The fourth-order valence-electron chi connectivity index (χ4n) is 1.58. The summed E-state index contributed by atoms with van der Waals surface area (Å²) in [6.45, 7) is 8.44. The van der Waals surface area contributed by atoms with Gasteiger partial charge in [0, 0.05) is 12.6 Å². The molecule has 0 spiro atoms. The van der Waals surface area contributed by atoms with Crippen molar-refractivity contribution in [2.45, 2.75) is 39.3 Å². The standard InChI is InChI=1S/C14H20FN/c1-4-5-6-12(3)16-10-13-7-8-14(15)11(2)9-13/h4,7-9,12,16H,1,5-6,10H2,2-3H3. The van der Waals surface area contributed by atoms with Gasteiger partial charge in [-0.25, -0.2) is 4.39 Å². The lowest BCUT2D eigenvalue weighted by atomic mass is 10.1. The van der Waals surface area contributed by atoms with E-state index in [1.807, 2.05) is 18.2 Å². The number of benzene rings is 1. The second-order valence-corrected chi connectivity index (χ2v) is 4.23. The minimum atomic E-state index is -0.136. The first-order chi connectivity index (χ1) is 7.63. The lowest BCUT2D eigenvalue weighted by molar-refractivity contribution is 0.517. The lowest BCUT2D eigenvalue weighted by Gasteiger charge is -2.13. The molecular formula is C14H20FN. The molecule has 0 aromatic heterocycles. The molecule has 16 heavy (non-hydrogen) atoms. The van der Waals surface area contributed by atoms with Gasteiger partial charge in [0.1, 0.15) is 5.82 Å². The van der Waals surface area contributed by atoms with Crippen LogP contribution in [0.15, 0.2) is 30.9 Å². The van der Waals surface area contributed by atoms with Crippen LogP contribution in [-0.4, -0.2) is 6.04 Å². The largest absolute Gasteiger partial charge is 0.310 e. The molecular weight excluding hydrogens is 201 g/mol. The van der Waals surface area contributed by atoms with E-state index in [1.165, 1.54) is 6.07 Å². The zero-order valence-electron chi connectivity index (χ0n) is 10.1. The quantitative estimate of drug-likeness (QED) is 0.724. The van der Waals surface area contributed by atoms with E-state index in [9.17, 15) is 4.39 Å². The summed E-state index contributed by atoms with van der Waals surface area (Å²) in [4.78, 5) is 0.